The molecule has 0 saturated heterocycles. The molecule has 0 saturated carbocycles. The van der Waals surface area contributed by atoms with Crippen molar-refractivity contribution < 1.29 is 0 Å². The Morgan fingerprint density at radius 3 is 2.54 bits per heavy atom. The molecule has 0 atom stereocenters. The van der Waals surface area contributed by atoms with Gasteiger partial charge in [0.15, 0.2) is 0 Å². The molecule has 1 aromatic rings. The molecule has 1 heteroatoms. The van der Waals surface area contributed by atoms with Crippen LogP contribution in [0.2, 0.25) is 0 Å². The first-order valence-corrected chi connectivity index (χ1v) is 4.37. The summed E-state index contributed by atoms with van der Waals surface area (Å²) in [4.78, 5) is 4.31. The van der Waals surface area contributed by atoms with Crippen molar-refractivity contribution in [2.45, 2.75) is 20.8 Å². The predicted octanol–water partition coefficient (Wildman–Crippen LogP) is 3.45. The van der Waals surface area contributed by atoms with Gasteiger partial charge in [0.05, 0.1) is 5.70 Å². The molecule has 1 nitrogen and oxygen atoms in total. The summed E-state index contributed by atoms with van der Waals surface area (Å²) in [7, 11) is 0. The Morgan fingerprint density at radius 2 is 2.00 bits per heavy atom. The highest BCUT2D eigenvalue weighted by Crippen LogP contribution is 2.14. The van der Waals surface area contributed by atoms with Gasteiger partial charge in [0.25, 0.3) is 0 Å². The fourth-order valence-electron chi connectivity index (χ4n) is 1.16. The van der Waals surface area contributed by atoms with E-state index in [1.54, 1.807) is 0 Å². The van der Waals surface area contributed by atoms with Gasteiger partial charge in [0.1, 0.15) is 0 Å². The third-order valence-electron chi connectivity index (χ3n) is 1.71. The summed E-state index contributed by atoms with van der Waals surface area (Å²) < 4.78 is 0. The Labute approximate surface area is 79.8 Å². The van der Waals surface area contributed by atoms with Crippen LogP contribution in [0.4, 0.5) is 0 Å². The Bertz CT molecular complexity index is 344. The van der Waals surface area contributed by atoms with Crippen LogP contribution in [0.25, 0.3) is 5.70 Å². The molecular formula is C12H15N. The van der Waals surface area contributed by atoms with Gasteiger partial charge >= 0.3 is 0 Å². The fraction of sp³-hybridized carbons (Fsp3) is 0.250. The normalized spacial score (nSPS) is 9.46. The molecule has 68 valence electrons. The molecule has 1 rings (SSSR count). The standard InChI is InChI=1S/C12H15N/c1-9(2)13-11(4)12-7-5-6-10(3)8-12/h5-8H,4H2,1-3H3. The van der Waals surface area contributed by atoms with E-state index in [2.05, 4.69) is 30.6 Å². The third-order valence-corrected chi connectivity index (χ3v) is 1.71. The Morgan fingerprint density at radius 1 is 1.31 bits per heavy atom. The van der Waals surface area contributed by atoms with Gasteiger partial charge in [-0.05, 0) is 32.4 Å². The second kappa shape index (κ2) is 4.04. The molecule has 0 aliphatic heterocycles. The summed E-state index contributed by atoms with van der Waals surface area (Å²) in [6, 6.07) is 8.21. The quantitative estimate of drug-likeness (QED) is 0.607. The first-order valence-electron chi connectivity index (χ1n) is 4.37. The number of aliphatic imine (C=N–C) groups is 1. The van der Waals surface area contributed by atoms with Crippen LogP contribution in [0.3, 0.4) is 0 Å². The molecule has 1 aromatic carbocycles. The van der Waals surface area contributed by atoms with E-state index in [1.165, 1.54) is 5.56 Å². The maximum Gasteiger partial charge on any atom is 0.0629 e. The van der Waals surface area contributed by atoms with Gasteiger partial charge < -0.3 is 0 Å². The van der Waals surface area contributed by atoms with Crippen LogP contribution >= 0.6 is 0 Å². The average Bonchev–Trinajstić information content (AvgIpc) is 2.03. The van der Waals surface area contributed by atoms with Crippen LogP contribution in [0, 0.1) is 6.92 Å². The van der Waals surface area contributed by atoms with E-state index < -0.39 is 0 Å². The summed E-state index contributed by atoms with van der Waals surface area (Å²) in [5.41, 5.74) is 4.21. The second-order valence-corrected chi connectivity index (χ2v) is 3.38. The van der Waals surface area contributed by atoms with Crippen molar-refractivity contribution >= 4 is 11.4 Å². The van der Waals surface area contributed by atoms with Crippen molar-refractivity contribution in [1.82, 2.24) is 0 Å². The highest BCUT2D eigenvalue weighted by molar-refractivity contribution is 5.85. The van der Waals surface area contributed by atoms with Gasteiger partial charge in [-0.25, -0.2) is 0 Å². The van der Waals surface area contributed by atoms with Gasteiger partial charge in [-0.1, -0.05) is 30.3 Å². The minimum absolute atomic E-state index is 0.837. The minimum atomic E-state index is 0.837. The maximum absolute atomic E-state index is 4.31. The van der Waals surface area contributed by atoms with E-state index in [1.807, 2.05) is 26.0 Å². The van der Waals surface area contributed by atoms with Crippen LogP contribution in [0.15, 0.2) is 35.8 Å². The number of nitrogens with zero attached hydrogens (tertiary/aromatic N) is 1. The third kappa shape index (κ3) is 2.86. The van der Waals surface area contributed by atoms with E-state index in [4.69, 9.17) is 0 Å². The maximum atomic E-state index is 4.31. The van der Waals surface area contributed by atoms with E-state index >= 15 is 0 Å². The monoisotopic (exact) mass is 173 g/mol. The summed E-state index contributed by atoms with van der Waals surface area (Å²) in [6.07, 6.45) is 0. The molecule has 0 aromatic heterocycles. The van der Waals surface area contributed by atoms with Crippen LogP contribution in [-0.4, -0.2) is 5.71 Å². The number of aryl methyl sites for hydroxylation is 1. The Kier molecular flexibility index (Phi) is 3.02. The highest BCUT2D eigenvalue weighted by atomic mass is 14.7. The molecule has 0 aliphatic rings. The number of hydrogen-bond acceptors (Lipinski definition) is 1. The SMILES string of the molecule is C=C(N=C(C)C)c1cccc(C)c1. The first kappa shape index (κ1) is 9.72. The lowest BCUT2D eigenvalue weighted by molar-refractivity contribution is 1.41. The van der Waals surface area contributed by atoms with Gasteiger partial charge in [-0.3, -0.25) is 4.99 Å². The van der Waals surface area contributed by atoms with Crippen molar-refractivity contribution in [1.29, 1.82) is 0 Å². The average molecular weight is 173 g/mol. The van der Waals surface area contributed by atoms with Crippen LogP contribution in [0.5, 0.6) is 0 Å². The molecule has 0 aliphatic carbocycles. The fourth-order valence-corrected chi connectivity index (χ4v) is 1.16. The molecule has 0 spiro atoms. The predicted molar refractivity (Wildman–Crippen MR) is 59.0 cm³/mol. The molecule has 0 N–H and O–H groups in total. The summed E-state index contributed by atoms with van der Waals surface area (Å²) in [5, 5.41) is 0. The Hall–Kier alpha value is -1.37. The van der Waals surface area contributed by atoms with Crippen LogP contribution in [0.1, 0.15) is 25.0 Å². The summed E-state index contributed by atoms with van der Waals surface area (Å²) >= 11 is 0. The molecule has 0 amide bonds. The lowest BCUT2D eigenvalue weighted by Gasteiger charge is -2.01. The molecule has 0 fully saturated rings. The van der Waals surface area contributed by atoms with E-state index in [0.29, 0.717) is 0 Å². The van der Waals surface area contributed by atoms with Gasteiger partial charge in [0, 0.05) is 5.71 Å². The molecular weight excluding hydrogens is 158 g/mol. The zero-order valence-electron chi connectivity index (χ0n) is 8.46. The van der Waals surface area contributed by atoms with E-state index in [9.17, 15) is 0 Å². The van der Waals surface area contributed by atoms with Crippen molar-refractivity contribution in [2.24, 2.45) is 4.99 Å². The first-order chi connectivity index (χ1) is 6.09. The lowest BCUT2D eigenvalue weighted by atomic mass is 10.1. The van der Waals surface area contributed by atoms with Gasteiger partial charge in [-0.15, -0.1) is 0 Å². The molecule has 0 unspecified atom stereocenters. The minimum Gasteiger partial charge on any atom is -0.258 e. The van der Waals surface area contributed by atoms with Crippen molar-refractivity contribution in [3.05, 3.63) is 42.0 Å². The zero-order valence-corrected chi connectivity index (χ0v) is 8.46. The topological polar surface area (TPSA) is 12.4 Å². The second-order valence-electron chi connectivity index (χ2n) is 3.38. The Balaban J connectivity index is 2.96. The van der Waals surface area contributed by atoms with Crippen molar-refractivity contribution in [2.75, 3.05) is 0 Å². The largest absolute Gasteiger partial charge is 0.258 e. The number of benzene rings is 1. The summed E-state index contributed by atoms with van der Waals surface area (Å²) in [5.74, 6) is 0. The molecule has 0 radical (unpaired) electrons. The summed E-state index contributed by atoms with van der Waals surface area (Å²) in [6.45, 7) is 9.93. The molecule has 0 heterocycles. The van der Waals surface area contributed by atoms with Gasteiger partial charge in [-0.2, -0.15) is 0 Å². The van der Waals surface area contributed by atoms with Crippen molar-refractivity contribution in [3.63, 3.8) is 0 Å². The van der Waals surface area contributed by atoms with Crippen molar-refractivity contribution in [3.8, 4) is 0 Å². The number of hydrogen-bond donors (Lipinski definition) is 0. The zero-order chi connectivity index (χ0) is 9.84. The van der Waals surface area contributed by atoms with Crippen LogP contribution < -0.4 is 0 Å². The number of rotatable bonds is 2. The molecule has 0 bridgehead atoms. The van der Waals surface area contributed by atoms with Crippen LogP contribution in [-0.2, 0) is 0 Å². The molecule has 13 heavy (non-hydrogen) atoms. The smallest absolute Gasteiger partial charge is 0.0629 e. The van der Waals surface area contributed by atoms with E-state index in [-0.39, 0.29) is 0 Å². The van der Waals surface area contributed by atoms with E-state index in [0.717, 1.165) is 17.0 Å². The lowest BCUT2D eigenvalue weighted by Crippen LogP contribution is -1.85. The van der Waals surface area contributed by atoms with Gasteiger partial charge in [0.2, 0.25) is 0 Å². The highest BCUT2D eigenvalue weighted by Gasteiger charge is 1.95.